The summed E-state index contributed by atoms with van der Waals surface area (Å²) in [5.74, 6) is 0.317. The van der Waals surface area contributed by atoms with E-state index < -0.39 is 10.0 Å². The molecule has 3 atom stereocenters. The molecule has 2 aromatic rings. The van der Waals surface area contributed by atoms with Crippen molar-refractivity contribution in [3.63, 3.8) is 0 Å². The molecule has 0 unspecified atom stereocenters. The predicted octanol–water partition coefficient (Wildman–Crippen LogP) is 2.89. The van der Waals surface area contributed by atoms with Crippen LogP contribution in [0, 0.1) is 12.8 Å². The van der Waals surface area contributed by atoms with Crippen molar-refractivity contribution in [3.8, 4) is 5.75 Å². The van der Waals surface area contributed by atoms with Crippen LogP contribution in [0.5, 0.6) is 5.75 Å². The van der Waals surface area contributed by atoms with E-state index in [4.69, 9.17) is 9.47 Å². The number of ether oxygens (including phenoxy) is 2. The first kappa shape index (κ1) is 25.0. The Morgan fingerprint density at radius 1 is 1.15 bits per heavy atom. The van der Waals surface area contributed by atoms with Gasteiger partial charge in [-0.25, -0.2) is 8.42 Å². The van der Waals surface area contributed by atoms with Gasteiger partial charge in [0.1, 0.15) is 12.4 Å². The van der Waals surface area contributed by atoms with E-state index in [1.165, 1.54) is 6.07 Å². The normalized spacial score (nSPS) is 22.5. The number of rotatable bonds is 4. The molecule has 2 N–H and O–H groups in total. The maximum atomic E-state index is 13.3. The lowest BCUT2D eigenvalue weighted by Gasteiger charge is -2.30. The summed E-state index contributed by atoms with van der Waals surface area (Å²) in [6.07, 6.45) is -0.148. The zero-order chi connectivity index (χ0) is 24.2. The molecule has 0 aliphatic carbocycles. The van der Waals surface area contributed by atoms with Gasteiger partial charge in [-0.15, -0.1) is 0 Å². The number of fused-ring (bicyclic) bond motifs is 1. The second-order valence-electron chi connectivity index (χ2n) is 8.69. The van der Waals surface area contributed by atoms with Crippen molar-refractivity contribution >= 4 is 21.6 Å². The fourth-order valence-corrected chi connectivity index (χ4v) is 4.70. The lowest BCUT2D eigenvalue weighted by Crippen LogP contribution is -2.44. The van der Waals surface area contributed by atoms with Crippen LogP contribution in [0.1, 0.15) is 29.8 Å². The molecule has 8 nitrogen and oxygen atoms in total. The molecule has 0 spiro atoms. The number of aryl methyl sites for hydroxylation is 1. The molecule has 0 fully saturated rings. The Morgan fingerprint density at radius 2 is 1.85 bits per heavy atom. The molecular weight excluding hydrogens is 442 g/mol. The van der Waals surface area contributed by atoms with Gasteiger partial charge in [0.15, 0.2) is 0 Å². The second-order valence-corrected chi connectivity index (χ2v) is 10.4. The number of nitrogens with zero attached hydrogens (tertiary/aromatic N) is 1. The molecule has 1 amide bonds. The lowest BCUT2D eigenvalue weighted by molar-refractivity contribution is 0.0281. The minimum Gasteiger partial charge on any atom is -0.491 e. The summed E-state index contributed by atoms with van der Waals surface area (Å²) in [5.41, 5.74) is 1.54. The number of amides is 1. The number of sulfonamides is 1. The van der Waals surface area contributed by atoms with Gasteiger partial charge in [-0.05, 0) is 50.1 Å². The number of anilines is 1. The Labute approximate surface area is 196 Å². The van der Waals surface area contributed by atoms with Gasteiger partial charge in [0.2, 0.25) is 0 Å². The van der Waals surface area contributed by atoms with Crippen LogP contribution in [0.4, 0.5) is 5.69 Å². The van der Waals surface area contributed by atoms with Gasteiger partial charge >= 0.3 is 0 Å². The summed E-state index contributed by atoms with van der Waals surface area (Å²) in [6.45, 7) is 7.47. The molecule has 0 radical (unpaired) electrons. The van der Waals surface area contributed by atoms with Gasteiger partial charge in [0.05, 0.1) is 16.6 Å². The highest BCUT2D eigenvalue weighted by atomic mass is 32.2. The van der Waals surface area contributed by atoms with E-state index in [-0.39, 0.29) is 40.1 Å². The molecule has 0 saturated heterocycles. The molecular formula is C24H33N3O5S. The van der Waals surface area contributed by atoms with Crippen LogP contribution in [0.15, 0.2) is 47.4 Å². The summed E-state index contributed by atoms with van der Waals surface area (Å²) in [6, 6.07) is 11.4. The first-order valence-corrected chi connectivity index (χ1v) is 12.5. The van der Waals surface area contributed by atoms with Crippen molar-refractivity contribution in [2.24, 2.45) is 5.92 Å². The maximum absolute atomic E-state index is 13.3. The highest BCUT2D eigenvalue weighted by molar-refractivity contribution is 7.92. The van der Waals surface area contributed by atoms with E-state index in [2.05, 4.69) is 17.0 Å². The quantitative estimate of drug-likeness (QED) is 0.706. The van der Waals surface area contributed by atoms with Crippen molar-refractivity contribution in [3.05, 3.63) is 53.6 Å². The fraction of sp³-hybridized carbons (Fsp3) is 0.458. The van der Waals surface area contributed by atoms with E-state index >= 15 is 0 Å². The van der Waals surface area contributed by atoms with Crippen LogP contribution in [0.2, 0.25) is 0 Å². The highest BCUT2D eigenvalue weighted by Gasteiger charge is 2.26. The number of hydrogen-bond acceptors (Lipinski definition) is 6. The molecule has 33 heavy (non-hydrogen) atoms. The monoisotopic (exact) mass is 475 g/mol. The maximum Gasteiger partial charge on any atom is 0.261 e. The standard InChI is InChI=1S/C24H33N3O5S/c1-16-6-9-20(10-7-16)33(29,30)26-19-8-11-22-21(12-19)24(28)27(4)14-23(31-5)17(2)13-25-18(3)15-32-22/h6-12,17-18,23,25-26H,13-15H2,1-5H3/t17-,18-,23+/m1/s1. The van der Waals surface area contributed by atoms with Gasteiger partial charge in [-0.1, -0.05) is 24.6 Å². The summed E-state index contributed by atoms with van der Waals surface area (Å²) in [5, 5.41) is 3.44. The molecule has 0 aromatic heterocycles. The zero-order valence-electron chi connectivity index (χ0n) is 19.8. The smallest absolute Gasteiger partial charge is 0.261 e. The van der Waals surface area contributed by atoms with E-state index in [0.29, 0.717) is 18.9 Å². The molecule has 0 saturated carbocycles. The van der Waals surface area contributed by atoms with Crippen LogP contribution >= 0.6 is 0 Å². The van der Waals surface area contributed by atoms with Crippen molar-refractivity contribution in [1.82, 2.24) is 10.2 Å². The number of carbonyl (C=O) groups excluding carboxylic acids is 1. The predicted molar refractivity (Wildman–Crippen MR) is 128 cm³/mol. The Balaban J connectivity index is 1.93. The van der Waals surface area contributed by atoms with Crippen molar-refractivity contribution in [2.45, 2.75) is 37.8 Å². The third kappa shape index (κ3) is 6.25. The number of nitrogens with one attached hydrogen (secondary N) is 2. The number of methoxy groups -OCH3 is 1. The third-order valence-corrected chi connectivity index (χ3v) is 7.21. The van der Waals surface area contributed by atoms with E-state index in [0.717, 1.165) is 12.1 Å². The van der Waals surface area contributed by atoms with Crippen LogP contribution in [-0.4, -0.2) is 65.2 Å². The molecule has 1 heterocycles. The van der Waals surface area contributed by atoms with Crippen molar-refractivity contribution < 1.29 is 22.7 Å². The van der Waals surface area contributed by atoms with Crippen LogP contribution in [-0.2, 0) is 14.8 Å². The number of carbonyl (C=O) groups is 1. The van der Waals surface area contributed by atoms with Crippen LogP contribution in [0.25, 0.3) is 0 Å². The summed E-state index contributed by atoms with van der Waals surface area (Å²) < 4.78 is 39.8. The Hall–Kier alpha value is -2.62. The van der Waals surface area contributed by atoms with E-state index in [1.807, 2.05) is 13.8 Å². The molecule has 2 aromatic carbocycles. The number of benzene rings is 2. The lowest BCUT2D eigenvalue weighted by atomic mass is 10.0. The SMILES string of the molecule is CO[C@H]1CN(C)C(=O)c2cc(NS(=O)(=O)c3ccc(C)cc3)ccc2OC[C@@H](C)NC[C@H]1C. The Kier molecular flexibility index (Phi) is 7.99. The highest BCUT2D eigenvalue weighted by Crippen LogP contribution is 2.27. The average molecular weight is 476 g/mol. The average Bonchev–Trinajstić information content (AvgIpc) is 2.78. The topological polar surface area (TPSA) is 97.0 Å². The fourth-order valence-electron chi connectivity index (χ4n) is 3.66. The summed E-state index contributed by atoms with van der Waals surface area (Å²) in [4.78, 5) is 15.1. The second kappa shape index (κ2) is 10.5. The Bertz CT molecular complexity index is 1070. The minimum atomic E-state index is -3.80. The van der Waals surface area contributed by atoms with Gasteiger partial charge < -0.3 is 19.7 Å². The number of likely N-dealkylation sites (N-methyl/N-ethyl adjacent to an activating group) is 1. The first-order chi connectivity index (χ1) is 15.6. The largest absolute Gasteiger partial charge is 0.491 e. The summed E-state index contributed by atoms with van der Waals surface area (Å²) in [7, 11) is -0.455. The molecule has 9 heteroatoms. The molecule has 180 valence electrons. The molecule has 3 rings (SSSR count). The van der Waals surface area contributed by atoms with E-state index in [1.54, 1.807) is 55.5 Å². The zero-order valence-corrected chi connectivity index (χ0v) is 20.6. The molecule has 1 aliphatic rings. The Morgan fingerprint density at radius 3 is 2.52 bits per heavy atom. The van der Waals surface area contributed by atoms with Gasteiger partial charge in [-0.2, -0.15) is 0 Å². The first-order valence-electron chi connectivity index (χ1n) is 11.0. The minimum absolute atomic E-state index is 0.0600. The molecule has 1 aliphatic heterocycles. The van der Waals surface area contributed by atoms with Gasteiger partial charge in [0.25, 0.3) is 15.9 Å². The summed E-state index contributed by atoms with van der Waals surface area (Å²) >= 11 is 0. The molecule has 0 bridgehead atoms. The van der Waals surface area contributed by atoms with Gasteiger partial charge in [-0.3, -0.25) is 9.52 Å². The van der Waals surface area contributed by atoms with Crippen LogP contribution in [0.3, 0.4) is 0 Å². The van der Waals surface area contributed by atoms with Gasteiger partial charge in [0, 0.05) is 39.0 Å². The van der Waals surface area contributed by atoms with Crippen molar-refractivity contribution in [1.29, 1.82) is 0 Å². The third-order valence-electron chi connectivity index (χ3n) is 5.81. The van der Waals surface area contributed by atoms with Crippen LogP contribution < -0.4 is 14.8 Å². The van der Waals surface area contributed by atoms with E-state index in [9.17, 15) is 13.2 Å². The number of hydrogen-bond donors (Lipinski definition) is 2. The van der Waals surface area contributed by atoms with Crippen molar-refractivity contribution in [2.75, 3.05) is 38.6 Å².